The minimum atomic E-state index is -0.0314. The highest BCUT2D eigenvalue weighted by atomic mass is 16.5. The van der Waals surface area contributed by atoms with Crippen molar-refractivity contribution in [2.24, 2.45) is 0 Å². The molecule has 0 aromatic heterocycles. The molecule has 0 saturated heterocycles. The Labute approximate surface area is 132 Å². The van der Waals surface area contributed by atoms with Gasteiger partial charge in [-0.15, -0.1) is 0 Å². The van der Waals surface area contributed by atoms with Gasteiger partial charge in [0.1, 0.15) is 28.7 Å². The summed E-state index contributed by atoms with van der Waals surface area (Å²) in [7, 11) is 0. The summed E-state index contributed by atoms with van der Waals surface area (Å²) >= 11 is 0. The van der Waals surface area contributed by atoms with E-state index in [0.29, 0.717) is 17.2 Å². The van der Waals surface area contributed by atoms with Crippen LogP contribution in [0.3, 0.4) is 0 Å². The zero-order valence-electron chi connectivity index (χ0n) is 12.0. The van der Waals surface area contributed by atoms with Crippen molar-refractivity contribution in [3.63, 3.8) is 0 Å². The van der Waals surface area contributed by atoms with Crippen LogP contribution < -0.4 is 9.47 Å². The van der Waals surface area contributed by atoms with Gasteiger partial charge in [-0.05, 0) is 60.7 Å². The third-order valence-electron chi connectivity index (χ3n) is 3.07. The lowest BCUT2D eigenvalue weighted by Gasteiger charge is -2.11. The van der Waals surface area contributed by atoms with E-state index in [9.17, 15) is 15.3 Å². The molecule has 5 heteroatoms. The maximum atomic E-state index is 9.89. The fourth-order valence-corrected chi connectivity index (χ4v) is 1.93. The van der Waals surface area contributed by atoms with E-state index >= 15 is 0 Å². The van der Waals surface area contributed by atoms with Crippen LogP contribution >= 0.6 is 0 Å². The molecular weight excluding hydrogens is 296 g/mol. The Hall–Kier alpha value is -3.34. The average molecular weight is 310 g/mol. The number of hydrogen-bond acceptors (Lipinski definition) is 5. The normalized spacial score (nSPS) is 10.3. The van der Waals surface area contributed by atoms with Gasteiger partial charge in [-0.3, -0.25) is 0 Å². The zero-order valence-corrected chi connectivity index (χ0v) is 12.0. The Kier molecular flexibility index (Phi) is 3.93. The molecule has 3 rings (SSSR count). The second-order valence-corrected chi connectivity index (χ2v) is 4.82. The van der Waals surface area contributed by atoms with Crippen molar-refractivity contribution in [1.82, 2.24) is 0 Å². The molecular formula is C18H14O5. The summed E-state index contributed by atoms with van der Waals surface area (Å²) in [6.45, 7) is 0. The molecule has 5 nitrogen and oxygen atoms in total. The van der Waals surface area contributed by atoms with Crippen molar-refractivity contribution in [1.29, 1.82) is 0 Å². The summed E-state index contributed by atoms with van der Waals surface area (Å²) in [5.41, 5.74) is 0. The summed E-state index contributed by atoms with van der Waals surface area (Å²) in [5, 5.41) is 28.4. The Morgan fingerprint density at radius 1 is 0.522 bits per heavy atom. The van der Waals surface area contributed by atoms with Crippen LogP contribution in [-0.2, 0) is 0 Å². The molecule has 0 aliphatic rings. The first-order valence-electron chi connectivity index (χ1n) is 6.87. The molecule has 0 unspecified atom stereocenters. The van der Waals surface area contributed by atoms with E-state index in [4.69, 9.17) is 9.47 Å². The molecule has 0 atom stereocenters. The van der Waals surface area contributed by atoms with Crippen LogP contribution in [0.25, 0.3) is 0 Å². The molecule has 0 fully saturated rings. The van der Waals surface area contributed by atoms with Crippen molar-refractivity contribution in [2.75, 3.05) is 0 Å². The molecule has 3 N–H and O–H groups in total. The predicted molar refractivity (Wildman–Crippen MR) is 84.5 cm³/mol. The zero-order chi connectivity index (χ0) is 16.2. The Bertz CT molecular complexity index is 795. The lowest BCUT2D eigenvalue weighted by Crippen LogP contribution is -1.88. The first-order valence-corrected chi connectivity index (χ1v) is 6.87. The molecule has 0 heterocycles. The maximum Gasteiger partial charge on any atom is 0.172 e. The van der Waals surface area contributed by atoms with E-state index in [0.717, 1.165) is 0 Å². The molecule has 3 aromatic carbocycles. The molecule has 0 aliphatic carbocycles. The molecule has 0 radical (unpaired) electrons. The van der Waals surface area contributed by atoms with Gasteiger partial charge in [-0.25, -0.2) is 0 Å². The monoisotopic (exact) mass is 310 g/mol. The van der Waals surface area contributed by atoms with Crippen LogP contribution in [0.5, 0.6) is 40.2 Å². The van der Waals surface area contributed by atoms with E-state index < -0.39 is 0 Å². The van der Waals surface area contributed by atoms with E-state index in [1.54, 1.807) is 36.4 Å². The lowest BCUT2D eigenvalue weighted by atomic mass is 10.3. The molecule has 0 aliphatic heterocycles. The summed E-state index contributed by atoms with van der Waals surface area (Å²) in [4.78, 5) is 0. The van der Waals surface area contributed by atoms with Crippen molar-refractivity contribution in [2.45, 2.75) is 0 Å². The molecule has 0 spiro atoms. The van der Waals surface area contributed by atoms with Crippen LogP contribution in [0.15, 0.2) is 66.7 Å². The first-order chi connectivity index (χ1) is 11.1. The Morgan fingerprint density at radius 3 is 1.57 bits per heavy atom. The third-order valence-corrected chi connectivity index (χ3v) is 3.07. The molecule has 116 valence electrons. The number of hydrogen-bond donors (Lipinski definition) is 3. The van der Waals surface area contributed by atoms with E-state index in [1.165, 1.54) is 30.3 Å². The topological polar surface area (TPSA) is 79.2 Å². The fourth-order valence-electron chi connectivity index (χ4n) is 1.93. The van der Waals surface area contributed by atoms with Gasteiger partial charge in [0.25, 0.3) is 0 Å². The summed E-state index contributed by atoms with van der Waals surface area (Å²) in [5.74, 6) is 1.97. The van der Waals surface area contributed by atoms with Crippen molar-refractivity contribution in [3.8, 4) is 40.2 Å². The molecule has 0 amide bonds. The maximum absolute atomic E-state index is 9.89. The Balaban J connectivity index is 1.81. The minimum Gasteiger partial charge on any atom is -0.508 e. The fraction of sp³-hybridized carbons (Fsp3) is 0. The highest BCUT2D eigenvalue weighted by Gasteiger charge is 2.07. The van der Waals surface area contributed by atoms with Gasteiger partial charge in [-0.1, -0.05) is 0 Å². The van der Waals surface area contributed by atoms with Gasteiger partial charge in [0.2, 0.25) is 0 Å². The summed E-state index contributed by atoms with van der Waals surface area (Å²) < 4.78 is 11.2. The minimum absolute atomic E-state index is 0.0314. The number of aromatic hydroxyl groups is 3. The average Bonchev–Trinajstić information content (AvgIpc) is 2.55. The van der Waals surface area contributed by atoms with Gasteiger partial charge in [0, 0.05) is 6.07 Å². The van der Waals surface area contributed by atoms with Gasteiger partial charge in [0.05, 0.1) is 0 Å². The molecule has 0 bridgehead atoms. The lowest BCUT2D eigenvalue weighted by molar-refractivity contribution is 0.404. The largest absolute Gasteiger partial charge is 0.508 e. The predicted octanol–water partition coefficient (Wildman–Crippen LogP) is 4.39. The van der Waals surface area contributed by atoms with Crippen LogP contribution in [0.2, 0.25) is 0 Å². The summed E-state index contributed by atoms with van der Waals surface area (Å²) in [6, 6.07) is 17.1. The van der Waals surface area contributed by atoms with Crippen LogP contribution in [0.4, 0.5) is 0 Å². The smallest absolute Gasteiger partial charge is 0.172 e. The van der Waals surface area contributed by atoms with E-state index in [2.05, 4.69) is 0 Å². The number of ether oxygens (including phenoxy) is 2. The second kappa shape index (κ2) is 6.19. The quantitative estimate of drug-likeness (QED) is 0.666. The third kappa shape index (κ3) is 3.65. The van der Waals surface area contributed by atoms with Gasteiger partial charge < -0.3 is 24.8 Å². The van der Waals surface area contributed by atoms with Crippen molar-refractivity contribution < 1.29 is 24.8 Å². The SMILES string of the molecule is Oc1ccc(Oc2ccc(O)c(Oc3ccc(O)cc3)c2)cc1. The summed E-state index contributed by atoms with van der Waals surface area (Å²) in [6.07, 6.45) is 0. The van der Waals surface area contributed by atoms with E-state index in [1.807, 2.05) is 0 Å². The van der Waals surface area contributed by atoms with Crippen molar-refractivity contribution >= 4 is 0 Å². The highest BCUT2D eigenvalue weighted by Crippen LogP contribution is 2.36. The Morgan fingerprint density at radius 2 is 1.00 bits per heavy atom. The second-order valence-electron chi connectivity index (χ2n) is 4.82. The van der Waals surface area contributed by atoms with Crippen molar-refractivity contribution in [3.05, 3.63) is 66.7 Å². The number of rotatable bonds is 4. The molecule has 0 saturated carbocycles. The van der Waals surface area contributed by atoms with Gasteiger partial charge in [-0.2, -0.15) is 0 Å². The van der Waals surface area contributed by atoms with Gasteiger partial charge in [0.15, 0.2) is 11.5 Å². The van der Waals surface area contributed by atoms with Crippen LogP contribution in [-0.4, -0.2) is 15.3 Å². The number of phenols is 3. The van der Waals surface area contributed by atoms with Crippen LogP contribution in [0.1, 0.15) is 0 Å². The number of phenolic OH excluding ortho intramolecular Hbond substituents is 3. The standard InChI is InChI=1S/C18H14O5/c19-12-1-5-14(6-2-12)22-16-9-10-17(21)18(11-16)23-15-7-3-13(20)4-8-15/h1-11,19-21H. The highest BCUT2D eigenvalue weighted by molar-refractivity contribution is 5.48. The van der Waals surface area contributed by atoms with Gasteiger partial charge >= 0.3 is 0 Å². The van der Waals surface area contributed by atoms with E-state index in [-0.39, 0.29) is 23.0 Å². The first kappa shape index (κ1) is 14.6. The van der Waals surface area contributed by atoms with Crippen LogP contribution in [0, 0.1) is 0 Å². The molecule has 3 aromatic rings. The molecule has 23 heavy (non-hydrogen) atoms. The number of benzene rings is 3.